The third-order valence-electron chi connectivity index (χ3n) is 3.12. The van der Waals surface area contributed by atoms with Crippen LogP contribution >= 0.6 is 0 Å². The highest BCUT2D eigenvalue weighted by molar-refractivity contribution is 5.76. The Morgan fingerprint density at radius 1 is 1.41 bits per heavy atom. The van der Waals surface area contributed by atoms with Crippen LogP contribution in [0.4, 0.5) is 0 Å². The van der Waals surface area contributed by atoms with E-state index in [1.54, 1.807) is 0 Å². The summed E-state index contributed by atoms with van der Waals surface area (Å²) in [5.41, 5.74) is 1.16. The topological polar surface area (TPSA) is 38.3 Å². The van der Waals surface area contributed by atoms with Crippen LogP contribution in [-0.2, 0) is 16.0 Å². The maximum atomic E-state index is 11.7. The molecule has 3 nitrogen and oxygen atoms in total. The molecular formula is C14H19NO2. The van der Waals surface area contributed by atoms with Crippen molar-refractivity contribution in [3.05, 3.63) is 35.9 Å². The van der Waals surface area contributed by atoms with Gasteiger partial charge in [-0.1, -0.05) is 30.3 Å². The highest BCUT2D eigenvalue weighted by atomic mass is 16.5. The van der Waals surface area contributed by atoms with Crippen molar-refractivity contribution in [2.45, 2.75) is 25.3 Å². The zero-order valence-electron chi connectivity index (χ0n) is 10.2. The molecule has 0 bridgehead atoms. The van der Waals surface area contributed by atoms with E-state index < -0.39 is 0 Å². The molecule has 2 rings (SSSR count). The normalized spacial score (nSPS) is 16.5. The Morgan fingerprint density at radius 2 is 2.12 bits per heavy atom. The molecule has 1 N–H and O–H groups in total. The molecule has 1 aromatic carbocycles. The summed E-state index contributed by atoms with van der Waals surface area (Å²) in [7, 11) is 1.44. The standard InChI is InChI=1S/C14H19NO2/c1-17-14(16)13(15-10-12-7-8-12)9-11-5-3-2-4-6-11/h2-6,12-13,15H,7-10H2,1H3. The van der Waals surface area contributed by atoms with Gasteiger partial charge in [0.1, 0.15) is 6.04 Å². The lowest BCUT2D eigenvalue weighted by molar-refractivity contribution is -0.143. The lowest BCUT2D eigenvalue weighted by Gasteiger charge is -2.16. The number of ether oxygens (including phenoxy) is 1. The first-order valence-corrected chi connectivity index (χ1v) is 6.14. The Bertz CT molecular complexity index is 360. The third kappa shape index (κ3) is 3.86. The fraction of sp³-hybridized carbons (Fsp3) is 0.500. The lowest BCUT2D eigenvalue weighted by Crippen LogP contribution is -2.40. The molecule has 0 heterocycles. The molecule has 3 heteroatoms. The minimum atomic E-state index is -0.219. The van der Waals surface area contributed by atoms with E-state index in [2.05, 4.69) is 5.32 Å². The van der Waals surface area contributed by atoms with Gasteiger partial charge >= 0.3 is 5.97 Å². The van der Waals surface area contributed by atoms with Gasteiger partial charge in [-0.25, -0.2) is 0 Å². The van der Waals surface area contributed by atoms with Gasteiger partial charge in [0.25, 0.3) is 0 Å². The van der Waals surface area contributed by atoms with Crippen molar-refractivity contribution in [1.29, 1.82) is 0 Å². The van der Waals surface area contributed by atoms with Gasteiger partial charge in [-0.05, 0) is 37.3 Å². The van der Waals surface area contributed by atoms with Gasteiger partial charge in [0.15, 0.2) is 0 Å². The summed E-state index contributed by atoms with van der Waals surface area (Å²) in [5.74, 6) is 0.590. The maximum Gasteiger partial charge on any atom is 0.323 e. The molecule has 0 aliphatic heterocycles. The number of hydrogen-bond acceptors (Lipinski definition) is 3. The van der Waals surface area contributed by atoms with Crippen LogP contribution in [0.3, 0.4) is 0 Å². The number of carbonyl (C=O) groups excluding carboxylic acids is 1. The maximum absolute atomic E-state index is 11.7. The molecule has 1 aliphatic rings. The lowest BCUT2D eigenvalue weighted by atomic mass is 10.1. The van der Waals surface area contributed by atoms with Crippen molar-refractivity contribution < 1.29 is 9.53 Å². The van der Waals surface area contributed by atoms with E-state index in [-0.39, 0.29) is 12.0 Å². The van der Waals surface area contributed by atoms with Gasteiger partial charge < -0.3 is 10.1 Å². The second-order valence-corrected chi connectivity index (χ2v) is 4.62. The highest BCUT2D eigenvalue weighted by Gasteiger charge is 2.25. The van der Waals surface area contributed by atoms with E-state index in [0.717, 1.165) is 18.0 Å². The predicted molar refractivity (Wildman–Crippen MR) is 66.7 cm³/mol. The fourth-order valence-corrected chi connectivity index (χ4v) is 1.86. The van der Waals surface area contributed by atoms with Crippen LogP contribution in [0.1, 0.15) is 18.4 Å². The van der Waals surface area contributed by atoms with Crippen molar-refractivity contribution in [3.8, 4) is 0 Å². The summed E-state index contributed by atoms with van der Waals surface area (Å²) < 4.78 is 4.84. The molecule has 1 fully saturated rings. The second-order valence-electron chi connectivity index (χ2n) is 4.62. The molecule has 0 saturated heterocycles. The first-order chi connectivity index (χ1) is 8.29. The van der Waals surface area contributed by atoms with Gasteiger partial charge in [-0.2, -0.15) is 0 Å². The van der Waals surface area contributed by atoms with Crippen LogP contribution in [0.25, 0.3) is 0 Å². The number of hydrogen-bond donors (Lipinski definition) is 1. The second kappa shape index (κ2) is 5.82. The van der Waals surface area contributed by atoms with Crippen LogP contribution in [0, 0.1) is 5.92 Å². The molecular weight excluding hydrogens is 214 g/mol. The van der Waals surface area contributed by atoms with Gasteiger partial charge in [-0.3, -0.25) is 4.79 Å². The Labute approximate surface area is 102 Å². The molecule has 0 amide bonds. The van der Waals surface area contributed by atoms with Crippen molar-refractivity contribution in [1.82, 2.24) is 5.32 Å². The Balaban J connectivity index is 1.91. The Morgan fingerprint density at radius 3 is 2.71 bits per heavy atom. The van der Waals surface area contributed by atoms with Gasteiger partial charge in [0.05, 0.1) is 7.11 Å². The van der Waals surface area contributed by atoms with E-state index in [9.17, 15) is 4.79 Å². The summed E-state index contributed by atoms with van der Waals surface area (Å²) in [6.07, 6.45) is 3.26. The zero-order valence-corrected chi connectivity index (χ0v) is 10.2. The Kier molecular flexibility index (Phi) is 4.15. The third-order valence-corrected chi connectivity index (χ3v) is 3.12. The fourth-order valence-electron chi connectivity index (χ4n) is 1.86. The molecule has 92 valence electrons. The molecule has 0 spiro atoms. The molecule has 0 aromatic heterocycles. The molecule has 1 unspecified atom stereocenters. The average Bonchev–Trinajstić information content (AvgIpc) is 3.19. The number of nitrogens with one attached hydrogen (secondary N) is 1. The smallest absolute Gasteiger partial charge is 0.323 e. The van der Waals surface area contributed by atoms with Crippen molar-refractivity contribution in [3.63, 3.8) is 0 Å². The average molecular weight is 233 g/mol. The number of rotatable bonds is 6. The largest absolute Gasteiger partial charge is 0.468 e. The van der Waals surface area contributed by atoms with Crippen LogP contribution in [0.15, 0.2) is 30.3 Å². The van der Waals surface area contributed by atoms with Crippen LogP contribution in [-0.4, -0.2) is 25.7 Å². The van der Waals surface area contributed by atoms with E-state index in [1.807, 2.05) is 30.3 Å². The minimum absolute atomic E-state index is 0.172. The van der Waals surface area contributed by atoms with Gasteiger partial charge in [0.2, 0.25) is 0 Å². The van der Waals surface area contributed by atoms with Crippen molar-refractivity contribution >= 4 is 5.97 Å². The quantitative estimate of drug-likeness (QED) is 0.761. The van der Waals surface area contributed by atoms with E-state index in [0.29, 0.717) is 6.42 Å². The molecule has 0 radical (unpaired) electrons. The molecule has 17 heavy (non-hydrogen) atoms. The monoisotopic (exact) mass is 233 g/mol. The molecule has 1 aliphatic carbocycles. The highest BCUT2D eigenvalue weighted by Crippen LogP contribution is 2.27. The number of esters is 1. The predicted octanol–water partition coefficient (Wildman–Crippen LogP) is 1.77. The number of benzene rings is 1. The van der Waals surface area contributed by atoms with E-state index >= 15 is 0 Å². The van der Waals surface area contributed by atoms with Gasteiger partial charge in [-0.15, -0.1) is 0 Å². The summed E-state index contributed by atoms with van der Waals surface area (Å²) in [4.78, 5) is 11.7. The van der Waals surface area contributed by atoms with Gasteiger partial charge in [0, 0.05) is 0 Å². The SMILES string of the molecule is COC(=O)C(Cc1ccccc1)NCC1CC1. The van der Waals surface area contributed by atoms with E-state index in [1.165, 1.54) is 20.0 Å². The van der Waals surface area contributed by atoms with Crippen LogP contribution in [0.2, 0.25) is 0 Å². The zero-order chi connectivity index (χ0) is 12.1. The van der Waals surface area contributed by atoms with Crippen molar-refractivity contribution in [2.75, 3.05) is 13.7 Å². The summed E-state index contributed by atoms with van der Waals surface area (Å²) in [6.45, 7) is 0.923. The summed E-state index contributed by atoms with van der Waals surface area (Å²) >= 11 is 0. The minimum Gasteiger partial charge on any atom is -0.468 e. The van der Waals surface area contributed by atoms with Crippen LogP contribution < -0.4 is 5.32 Å². The molecule has 1 aromatic rings. The number of methoxy groups -OCH3 is 1. The van der Waals surface area contributed by atoms with Crippen LogP contribution in [0.5, 0.6) is 0 Å². The molecule has 1 saturated carbocycles. The first-order valence-electron chi connectivity index (χ1n) is 6.14. The number of carbonyl (C=O) groups is 1. The first kappa shape index (κ1) is 12.1. The molecule has 1 atom stereocenters. The summed E-state index contributed by atoms with van der Waals surface area (Å²) in [6, 6.07) is 9.82. The summed E-state index contributed by atoms with van der Waals surface area (Å²) in [5, 5.41) is 3.31. The Hall–Kier alpha value is -1.35. The van der Waals surface area contributed by atoms with Crippen molar-refractivity contribution in [2.24, 2.45) is 5.92 Å². The van der Waals surface area contributed by atoms with E-state index in [4.69, 9.17) is 4.74 Å².